The van der Waals surface area contributed by atoms with Gasteiger partial charge in [0.1, 0.15) is 12.3 Å². The maximum atomic E-state index is 11.5. The van der Waals surface area contributed by atoms with E-state index in [0.29, 0.717) is 25.7 Å². The molecule has 1 aromatic rings. The van der Waals surface area contributed by atoms with Crippen LogP contribution in [0.4, 0.5) is 5.69 Å². The molecule has 1 fully saturated rings. The standard InChI is InChI=1S/C14H18N2O6/c1-20-12-7-13(15-8-11(12)16(18)19)22-10-5-3-9(4-6-10)14(17)21-2/h7-10H,3-6H2,1-2H3/t9-,10+. The summed E-state index contributed by atoms with van der Waals surface area (Å²) < 4.78 is 15.4. The summed E-state index contributed by atoms with van der Waals surface area (Å²) in [6, 6.07) is 1.41. The third-order valence-electron chi connectivity index (χ3n) is 3.73. The Balaban J connectivity index is 1.98. The second-order valence-corrected chi connectivity index (χ2v) is 5.07. The highest BCUT2D eigenvalue weighted by atomic mass is 16.6. The summed E-state index contributed by atoms with van der Waals surface area (Å²) in [5, 5.41) is 10.8. The molecule has 0 atom stereocenters. The number of hydrogen-bond acceptors (Lipinski definition) is 7. The first kappa shape index (κ1) is 16.0. The van der Waals surface area contributed by atoms with Crippen molar-refractivity contribution in [3.63, 3.8) is 0 Å². The van der Waals surface area contributed by atoms with Crippen LogP contribution in [0.25, 0.3) is 0 Å². The number of pyridine rings is 1. The molecule has 8 nitrogen and oxygen atoms in total. The second kappa shape index (κ2) is 7.06. The molecule has 0 aliphatic heterocycles. The van der Waals surface area contributed by atoms with Crippen LogP contribution in [0.1, 0.15) is 25.7 Å². The van der Waals surface area contributed by atoms with E-state index in [9.17, 15) is 14.9 Å². The number of carbonyl (C=O) groups is 1. The summed E-state index contributed by atoms with van der Waals surface area (Å²) in [6.07, 6.45) is 3.86. The number of nitro groups is 1. The van der Waals surface area contributed by atoms with E-state index >= 15 is 0 Å². The minimum atomic E-state index is -0.558. The fraction of sp³-hybridized carbons (Fsp3) is 0.571. The fourth-order valence-corrected chi connectivity index (χ4v) is 2.53. The Morgan fingerprint density at radius 1 is 1.32 bits per heavy atom. The van der Waals surface area contributed by atoms with Gasteiger partial charge in [0.2, 0.25) is 11.6 Å². The van der Waals surface area contributed by atoms with E-state index in [0.717, 1.165) is 6.20 Å². The van der Waals surface area contributed by atoms with Crippen LogP contribution in [-0.4, -0.2) is 36.2 Å². The SMILES string of the molecule is COc1cc(O[C@H]2CC[C@@H](C(=O)OC)CC2)ncc1[N+](=O)[O-]. The molecule has 0 spiro atoms. The Labute approximate surface area is 127 Å². The van der Waals surface area contributed by atoms with Gasteiger partial charge in [-0.15, -0.1) is 0 Å². The molecular formula is C14H18N2O6. The lowest BCUT2D eigenvalue weighted by Gasteiger charge is -2.27. The second-order valence-electron chi connectivity index (χ2n) is 5.07. The van der Waals surface area contributed by atoms with Crippen molar-refractivity contribution in [3.8, 4) is 11.6 Å². The molecule has 0 saturated heterocycles. The zero-order chi connectivity index (χ0) is 16.1. The average Bonchev–Trinajstić information content (AvgIpc) is 2.54. The number of carbonyl (C=O) groups excluding carboxylic acids is 1. The van der Waals surface area contributed by atoms with E-state index < -0.39 is 4.92 Å². The molecule has 8 heteroatoms. The number of aromatic nitrogens is 1. The third-order valence-corrected chi connectivity index (χ3v) is 3.73. The molecule has 0 unspecified atom stereocenters. The smallest absolute Gasteiger partial charge is 0.329 e. The molecular weight excluding hydrogens is 292 g/mol. The van der Waals surface area contributed by atoms with Gasteiger partial charge in [-0.3, -0.25) is 14.9 Å². The van der Waals surface area contributed by atoms with Crippen molar-refractivity contribution >= 4 is 11.7 Å². The molecule has 1 aliphatic carbocycles. The summed E-state index contributed by atoms with van der Waals surface area (Å²) in [4.78, 5) is 25.7. The van der Waals surface area contributed by atoms with Gasteiger partial charge in [0.05, 0.1) is 25.1 Å². The zero-order valence-corrected chi connectivity index (χ0v) is 12.5. The van der Waals surface area contributed by atoms with Gasteiger partial charge in [0.15, 0.2) is 0 Å². The van der Waals surface area contributed by atoms with Gasteiger partial charge in [0.25, 0.3) is 0 Å². The van der Waals surface area contributed by atoms with Crippen LogP contribution in [0.2, 0.25) is 0 Å². The van der Waals surface area contributed by atoms with Crippen LogP contribution in [0, 0.1) is 16.0 Å². The monoisotopic (exact) mass is 310 g/mol. The molecule has 120 valence electrons. The fourth-order valence-electron chi connectivity index (χ4n) is 2.53. The molecule has 0 radical (unpaired) electrons. The molecule has 1 aromatic heterocycles. The predicted octanol–water partition coefficient (Wildman–Crippen LogP) is 2.11. The number of nitrogens with zero attached hydrogens (tertiary/aromatic N) is 2. The average molecular weight is 310 g/mol. The van der Waals surface area contributed by atoms with Crippen LogP contribution in [0.5, 0.6) is 11.6 Å². The van der Waals surface area contributed by atoms with Crippen LogP contribution < -0.4 is 9.47 Å². The van der Waals surface area contributed by atoms with Gasteiger partial charge in [-0.05, 0) is 25.7 Å². The van der Waals surface area contributed by atoms with Gasteiger partial charge < -0.3 is 14.2 Å². The van der Waals surface area contributed by atoms with Crippen molar-refractivity contribution in [2.75, 3.05) is 14.2 Å². The Hall–Kier alpha value is -2.38. The van der Waals surface area contributed by atoms with Crippen molar-refractivity contribution in [2.45, 2.75) is 31.8 Å². The number of esters is 1. The van der Waals surface area contributed by atoms with E-state index in [-0.39, 0.29) is 35.3 Å². The summed E-state index contributed by atoms with van der Waals surface area (Å²) in [6.45, 7) is 0. The molecule has 0 N–H and O–H groups in total. The van der Waals surface area contributed by atoms with E-state index in [4.69, 9.17) is 14.2 Å². The minimum Gasteiger partial charge on any atom is -0.490 e. The molecule has 0 aromatic carbocycles. The van der Waals surface area contributed by atoms with Crippen molar-refractivity contribution in [3.05, 3.63) is 22.4 Å². The Kier molecular flexibility index (Phi) is 5.13. The highest BCUT2D eigenvalue weighted by Gasteiger charge is 2.28. The summed E-state index contributed by atoms with van der Waals surface area (Å²) >= 11 is 0. The summed E-state index contributed by atoms with van der Waals surface area (Å²) in [7, 11) is 2.74. The Bertz CT molecular complexity index is 554. The molecule has 0 bridgehead atoms. The predicted molar refractivity (Wildman–Crippen MR) is 75.8 cm³/mol. The van der Waals surface area contributed by atoms with Gasteiger partial charge in [-0.1, -0.05) is 0 Å². The molecule has 22 heavy (non-hydrogen) atoms. The van der Waals surface area contributed by atoms with Crippen LogP contribution in [0.15, 0.2) is 12.3 Å². The minimum absolute atomic E-state index is 0.0698. The maximum Gasteiger partial charge on any atom is 0.329 e. The topological polar surface area (TPSA) is 101 Å². The molecule has 0 amide bonds. The number of hydrogen-bond donors (Lipinski definition) is 0. The number of rotatable bonds is 5. The van der Waals surface area contributed by atoms with Gasteiger partial charge >= 0.3 is 11.7 Å². The van der Waals surface area contributed by atoms with Gasteiger partial charge in [0, 0.05) is 6.07 Å². The summed E-state index contributed by atoms with van der Waals surface area (Å²) in [5.41, 5.74) is -0.204. The molecule has 1 heterocycles. The summed E-state index contributed by atoms with van der Waals surface area (Å²) in [5.74, 6) is 0.125. The van der Waals surface area contributed by atoms with Gasteiger partial charge in [-0.2, -0.15) is 0 Å². The van der Waals surface area contributed by atoms with Crippen LogP contribution in [0.3, 0.4) is 0 Å². The van der Waals surface area contributed by atoms with Crippen molar-refractivity contribution in [1.29, 1.82) is 0 Å². The first-order valence-electron chi connectivity index (χ1n) is 6.98. The largest absolute Gasteiger partial charge is 0.490 e. The zero-order valence-electron chi connectivity index (χ0n) is 12.5. The molecule has 2 rings (SSSR count). The lowest BCUT2D eigenvalue weighted by molar-refractivity contribution is -0.386. The van der Waals surface area contributed by atoms with E-state index in [1.54, 1.807) is 0 Å². The van der Waals surface area contributed by atoms with E-state index in [2.05, 4.69) is 4.98 Å². The first-order valence-corrected chi connectivity index (χ1v) is 6.98. The van der Waals surface area contributed by atoms with Crippen LogP contribution in [-0.2, 0) is 9.53 Å². The molecule has 1 saturated carbocycles. The third kappa shape index (κ3) is 3.63. The number of methoxy groups -OCH3 is 2. The number of ether oxygens (including phenoxy) is 3. The normalized spacial score (nSPS) is 21.0. The first-order chi connectivity index (χ1) is 10.5. The Morgan fingerprint density at radius 3 is 2.55 bits per heavy atom. The highest BCUT2D eigenvalue weighted by molar-refractivity contribution is 5.72. The van der Waals surface area contributed by atoms with Crippen molar-refractivity contribution in [1.82, 2.24) is 4.98 Å². The van der Waals surface area contributed by atoms with Crippen LogP contribution >= 0.6 is 0 Å². The quantitative estimate of drug-likeness (QED) is 0.466. The maximum absolute atomic E-state index is 11.5. The lowest BCUT2D eigenvalue weighted by atomic mass is 9.87. The van der Waals surface area contributed by atoms with Crippen molar-refractivity contribution < 1.29 is 23.9 Å². The van der Waals surface area contributed by atoms with Crippen molar-refractivity contribution in [2.24, 2.45) is 5.92 Å². The Morgan fingerprint density at radius 2 is 2.00 bits per heavy atom. The molecule has 1 aliphatic rings. The van der Waals surface area contributed by atoms with Gasteiger partial charge in [-0.25, -0.2) is 4.98 Å². The highest BCUT2D eigenvalue weighted by Crippen LogP contribution is 2.32. The van der Waals surface area contributed by atoms with E-state index in [1.807, 2.05) is 0 Å². The lowest BCUT2D eigenvalue weighted by Crippen LogP contribution is -2.28. The van der Waals surface area contributed by atoms with E-state index in [1.165, 1.54) is 20.3 Å².